The van der Waals surface area contributed by atoms with Gasteiger partial charge in [0, 0.05) is 31.5 Å². The Labute approximate surface area is 161 Å². The van der Waals surface area contributed by atoms with Crippen LogP contribution in [0.1, 0.15) is 24.3 Å². The molecule has 4 rings (SSSR count). The summed E-state index contributed by atoms with van der Waals surface area (Å²) in [5, 5.41) is 6.32. The summed E-state index contributed by atoms with van der Waals surface area (Å²) in [7, 11) is 0. The van der Waals surface area contributed by atoms with E-state index in [9.17, 15) is 13.6 Å². The maximum Gasteiger partial charge on any atom is 0.222 e. The van der Waals surface area contributed by atoms with Crippen molar-refractivity contribution < 1.29 is 13.6 Å². The van der Waals surface area contributed by atoms with E-state index < -0.39 is 11.6 Å². The molecule has 0 saturated carbocycles. The zero-order valence-corrected chi connectivity index (χ0v) is 15.4. The van der Waals surface area contributed by atoms with Gasteiger partial charge in [0.2, 0.25) is 5.91 Å². The molecule has 1 saturated heterocycles. The second-order valence-electron chi connectivity index (χ2n) is 7.12. The SMILES string of the molecule is O=C(CCn1cnc2ccccc21)NC1CNCCC1c1ccc(F)c(F)c1. The summed E-state index contributed by atoms with van der Waals surface area (Å²) in [4.78, 5) is 16.9. The number of para-hydroxylation sites is 2. The Hall–Kier alpha value is -2.80. The highest BCUT2D eigenvalue weighted by Gasteiger charge is 2.28. The molecule has 0 spiro atoms. The van der Waals surface area contributed by atoms with Crippen LogP contribution in [0.2, 0.25) is 0 Å². The summed E-state index contributed by atoms with van der Waals surface area (Å²) in [6, 6.07) is 11.6. The highest BCUT2D eigenvalue weighted by Crippen LogP contribution is 2.27. The number of halogens is 2. The first-order valence-corrected chi connectivity index (χ1v) is 9.47. The highest BCUT2D eigenvalue weighted by atomic mass is 19.2. The minimum Gasteiger partial charge on any atom is -0.351 e. The average Bonchev–Trinajstić information content (AvgIpc) is 3.12. The largest absolute Gasteiger partial charge is 0.351 e. The lowest BCUT2D eigenvalue weighted by molar-refractivity contribution is -0.122. The fourth-order valence-corrected chi connectivity index (χ4v) is 3.84. The van der Waals surface area contributed by atoms with Gasteiger partial charge >= 0.3 is 0 Å². The Balaban J connectivity index is 1.41. The van der Waals surface area contributed by atoms with Gasteiger partial charge in [0.15, 0.2) is 11.6 Å². The molecule has 7 heteroatoms. The normalized spacial score (nSPS) is 19.6. The maximum absolute atomic E-state index is 13.6. The van der Waals surface area contributed by atoms with Crippen LogP contribution in [-0.2, 0) is 11.3 Å². The fraction of sp³-hybridized carbons (Fsp3) is 0.333. The lowest BCUT2D eigenvalue weighted by Crippen LogP contribution is -2.50. The van der Waals surface area contributed by atoms with Crippen LogP contribution >= 0.6 is 0 Å². The Bertz CT molecular complexity index is 987. The number of imidazole rings is 1. The van der Waals surface area contributed by atoms with Gasteiger partial charge in [-0.3, -0.25) is 4.79 Å². The monoisotopic (exact) mass is 384 g/mol. The zero-order chi connectivity index (χ0) is 19.5. The summed E-state index contributed by atoms with van der Waals surface area (Å²) in [6.45, 7) is 1.91. The lowest BCUT2D eigenvalue weighted by atomic mass is 9.86. The lowest BCUT2D eigenvalue weighted by Gasteiger charge is -2.33. The number of carbonyl (C=O) groups excluding carboxylic acids is 1. The number of benzene rings is 2. The number of hydrogen-bond donors (Lipinski definition) is 2. The third-order valence-corrected chi connectivity index (χ3v) is 5.31. The third kappa shape index (κ3) is 3.89. The van der Waals surface area contributed by atoms with Crippen molar-refractivity contribution in [2.75, 3.05) is 13.1 Å². The van der Waals surface area contributed by atoms with Crippen molar-refractivity contribution in [3.8, 4) is 0 Å². The fourth-order valence-electron chi connectivity index (χ4n) is 3.84. The first kappa shape index (κ1) is 18.6. The molecular formula is C21H22F2N4O. The molecule has 0 radical (unpaired) electrons. The quantitative estimate of drug-likeness (QED) is 0.711. The van der Waals surface area contributed by atoms with Crippen LogP contribution in [0.25, 0.3) is 11.0 Å². The number of fused-ring (bicyclic) bond motifs is 1. The van der Waals surface area contributed by atoms with E-state index in [4.69, 9.17) is 0 Å². The van der Waals surface area contributed by atoms with Gasteiger partial charge in [0.25, 0.3) is 0 Å². The van der Waals surface area contributed by atoms with E-state index in [0.29, 0.717) is 25.1 Å². The standard InChI is InChI=1S/C21H22F2N4O/c22-16-6-5-14(11-17(16)23)15-7-9-24-12-19(15)26-21(28)8-10-27-13-25-18-3-1-2-4-20(18)27/h1-6,11,13,15,19,24H,7-10,12H2,(H,26,28). The summed E-state index contributed by atoms with van der Waals surface area (Å²) >= 11 is 0. The molecule has 0 aliphatic carbocycles. The predicted molar refractivity (Wildman–Crippen MR) is 103 cm³/mol. The van der Waals surface area contributed by atoms with Gasteiger partial charge in [-0.2, -0.15) is 0 Å². The maximum atomic E-state index is 13.6. The second kappa shape index (κ2) is 8.06. The molecule has 146 valence electrons. The van der Waals surface area contributed by atoms with E-state index in [0.717, 1.165) is 30.1 Å². The van der Waals surface area contributed by atoms with Gasteiger partial charge in [-0.15, -0.1) is 0 Å². The topological polar surface area (TPSA) is 59.0 Å². The van der Waals surface area contributed by atoms with Crippen molar-refractivity contribution in [1.29, 1.82) is 0 Å². The van der Waals surface area contributed by atoms with Gasteiger partial charge in [0.1, 0.15) is 0 Å². The summed E-state index contributed by atoms with van der Waals surface area (Å²) in [5.41, 5.74) is 2.61. The van der Waals surface area contributed by atoms with Gasteiger partial charge in [-0.1, -0.05) is 18.2 Å². The van der Waals surface area contributed by atoms with Crippen LogP contribution in [0.5, 0.6) is 0 Å². The summed E-state index contributed by atoms with van der Waals surface area (Å²) in [5.74, 6) is -1.83. The Kier molecular flexibility index (Phi) is 5.34. The Morgan fingerprint density at radius 3 is 2.93 bits per heavy atom. The molecule has 1 aromatic heterocycles. The smallest absolute Gasteiger partial charge is 0.222 e. The molecule has 1 aliphatic heterocycles. The number of aromatic nitrogens is 2. The molecule has 0 bridgehead atoms. The predicted octanol–water partition coefficient (Wildman–Crippen LogP) is 2.97. The second-order valence-corrected chi connectivity index (χ2v) is 7.12. The molecule has 2 atom stereocenters. The van der Waals surface area contributed by atoms with Crippen LogP contribution in [0.15, 0.2) is 48.8 Å². The van der Waals surface area contributed by atoms with E-state index >= 15 is 0 Å². The van der Waals surface area contributed by atoms with E-state index in [1.54, 1.807) is 12.4 Å². The van der Waals surface area contributed by atoms with E-state index in [1.807, 2.05) is 28.8 Å². The highest BCUT2D eigenvalue weighted by molar-refractivity contribution is 5.77. The average molecular weight is 384 g/mol. The Morgan fingerprint density at radius 1 is 1.21 bits per heavy atom. The number of hydrogen-bond acceptors (Lipinski definition) is 3. The van der Waals surface area contributed by atoms with E-state index in [2.05, 4.69) is 15.6 Å². The number of nitrogens with zero attached hydrogens (tertiary/aromatic N) is 2. The number of amides is 1. The van der Waals surface area contributed by atoms with Gasteiger partial charge < -0.3 is 15.2 Å². The zero-order valence-electron chi connectivity index (χ0n) is 15.4. The van der Waals surface area contributed by atoms with Crippen LogP contribution in [0.4, 0.5) is 8.78 Å². The first-order valence-electron chi connectivity index (χ1n) is 9.47. The minimum atomic E-state index is -0.856. The van der Waals surface area contributed by atoms with Crippen molar-refractivity contribution in [1.82, 2.24) is 20.2 Å². The van der Waals surface area contributed by atoms with Gasteiger partial charge in [-0.05, 0) is 42.8 Å². The van der Waals surface area contributed by atoms with Crippen LogP contribution in [0, 0.1) is 11.6 Å². The summed E-state index contributed by atoms with van der Waals surface area (Å²) < 4.78 is 28.9. The molecule has 1 fully saturated rings. The molecule has 1 amide bonds. The van der Waals surface area contributed by atoms with Crippen LogP contribution in [-0.4, -0.2) is 34.6 Å². The molecule has 2 heterocycles. The molecule has 5 nitrogen and oxygen atoms in total. The molecule has 3 aromatic rings. The Morgan fingerprint density at radius 2 is 2.07 bits per heavy atom. The number of aryl methyl sites for hydroxylation is 1. The number of nitrogens with one attached hydrogen (secondary N) is 2. The van der Waals surface area contributed by atoms with Crippen LogP contribution in [0.3, 0.4) is 0 Å². The molecule has 28 heavy (non-hydrogen) atoms. The third-order valence-electron chi connectivity index (χ3n) is 5.31. The van der Waals surface area contributed by atoms with Crippen molar-refractivity contribution in [2.45, 2.75) is 31.3 Å². The molecule has 1 aliphatic rings. The number of rotatable bonds is 5. The van der Waals surface area contributed by atoms with Gasteiger partial charge in [0.05, 0.1) is 17.4 Å². The molecule has 2 N–H and O–H groups in total. The number of carbonyl (C=O) groups is 1. The van der Waals surface area contributed by atoms with E-state index in [1.165, 1.54) is 6.07 Å². The van der Waals surface area contributed by atoms with Crippen molar-refractivity contribution in [2.24, 2.45) is 0 Å². The van der Waals surface area contributed by atoms with Crippen molar-refractivity contribution >= 4 is 16.9 Å². The van der Waals surface area contributed by atoms with Crippen molar-refractivity contribution in [3.05, 3.63) is 66.0 Å². The molecule has 2 aromatic carbocycles. The summed E-state index contributed by atoms with van der Waals surface area (Å²) in [6.07, 6.45) is 2.81. The minimum absolute atomic E-state index is 0.0469. The molecule has 2 unspecified atom stereocenters. The molecular weight excluding hydrogens is 362 g/mol. The number of piperidine rings is 1. The van der Waals surface area contributed by atoms with Crippen LogP contribution < -0.4 is 10.6 Å². The van der Waals surface area contributed by atoms with Gasteiger partial charge in [-0.25, -0.2) is 13.8 Å². The van der Waals surface area contributed by atoms with E-state index in [-0.39, 0.29) is 17.9 Å². The first-order chi connectivity index (χ1) is 13.6. The van der Waals surface area contributed by atoms with Crippen molar-refractivity contribution in [3.63, 3.8) is 0 Å².